The second kappa shape index (κ2) is 6.58. The zero-order valence-electron chi connectivity index (χ0n) is 12.1. The Morgan fingerprint density at radius 1 is 1.19 bits per heavy atom. The molecule has 2 N–H and O–H groups in total. The van der Waals surface area contributed by atoms with Crippen LogP contribution in [0.25, 0.3) is 0 Å². The van der Waals surface area contributed by atoms with Crippen molar-refractivity contribution in [2.24, 2.45) is 5.92 Å². The molecule has 1 saturated carbocycles. The number of benzene rings is 1. The third-order valence-electron chi connectivity index (χ3n) is 4.00. The standard InChI is InChI=1S/C15H21NO4S/c1-11-7-9-13(10-8-11)21(19,20)16-14(15(17)18)12-5-3-2-4-6-12/h7-10,12,14,16H,2-6H2,1H3,(H,17,18)/t14-/m1/s1. The summed E-state index contributed by atoms with van der Waals surface area (Å²) in [5.74, 6) is -1.23. The number of rotatable bonds is 5. The van der Waals surface area contributed by atoms with Crippen LogP contribution in [0.15, 0.2) is 29.2 Å². The minimum Gasteiger partial charge on any atom is -0.480 e. The van der Waals surface area contributed by atoms with Crippen LogP contribution < -0.4 is 4.72 Å². The van der Waals surface area contributed by atoms with Crippen molar-refractivity contribution < 1.29 is 18.3 Å². The quantitative estimate of drug-likeness (QED) is 0.874. The number of carbonyl (C=O) groups is 1. The molecule has 0 heterocycles. The summed E-state index contributed by atoms with van der Waals surface area (Å²) in [5.41, 5.74) is 0.955. The molecule has 0 aromatic heterocycles. The maximum Gasteiger partial charge on any atom is 0.322 e. The van der Waals surface area contributed by atoms with Crippen molar-refractivity contribution in [1.29, 1.82) is 0 Å². The molecule has 1 aliphatic rings. The van der Waals surface area contributed by atoms with Gasteiger partial charge in [0.05, 0.1) is 4.90 Å². The van der Waals surface area contributed by atoms with Gasteiger partial charge in [0.15, 0.2) is 0 Å². The molecule has 0 saturated heterocycles. The van der Waals surface area contributed by atoms with E-state index in [4.69, 9.17) is 0 Å². The first-order valence-corrected chi connectivity index (χ1v) is 8.70. The Balaban J connectivity index is 2.18. The van der Waals surface area contributed by atoms with Gasteiger partial charge in [-0.2, -0.15) is 4.72 Å². The van der Waals surface area contributed by atoms with Crippen molar-refractivity contribution in [2.45, 2.75) is 50.0 Å². The lowest BCUT2D eigenvalue weighted by atomic mass is 9.84. The van der Waals surface area contributed by atoms with Gasteiger partial charge in [-0.1, -0.05) is 37.0 Å². The Morgan fingerprint density at radius 2 is 1.76 bits per heavy atom. The molecule has 0 unspecified atom stereocenters. The van der Waals surface area contributed by atoms with Crippen molar-refractivity contribution in [1.82, 2.24) is 4.72 Å². The molecule has 1 fully saturated rings. The zero-order chi connectivity index (χ0) is 15.5. The number of hydrogen-bond donors (Lipinski definition) is 2. The van der Waals surface area contributed by atoms with Crippen LogP contribution in [0.1, 0.15) is 37.7 Å². The Labute approximate surface area is 125 Å². The minimum atomic E-state index is -3.80. The number of aliphatic carboxylic acids is 1. The van der Waals surface area contributed by atoms with Crippen LogP contribution in [0.2, 0.25) is 0 Å². The smallest absolute Gasteiger partial charge is 0.322 e. The minimum absolute atomic E-state index is 0.107. The molecular formula is C15H21NO4S. The largest absolute Gasteiger partial charge is 0.480 e. The Hall–Kier alpha value is -1.40. The van der Waals surface area contributed by atoms with E-state index >= 15 is 0 Å². The lowest BCUT2D eigenvalue weighted by Gasteiger charge is -2.27. The van der Waals surface area contributed by atoms with E-state index in [2.05, 4.69) is 4.72 Å². The fourth-order valence-electron chi connectivity index (χ4n) is 2.77. The molecule has 0 aliphatic heterocycles. The first-order valence-electron chi connectivity index (χ1n) is 7.22. The summed E-state index contributed by atoms with van der Waals surface area (Å²) in [4.78, 5) is 11.5. The molecule has 0 spiro atoms. The predicted octanol–water partition coefficient (Wildman–Crippen LogP) is 2.31. The molecular weight excluding hydrogens is 290 g/mol. The van der Waals surface area contributed by atoms with Crippen molar-refractivity contribution in [3.63, 3.8) is 0 Å². The van der Waals surface area contributed by atoms with Gasteiger partial charge >= 0.3 is 5.97 Å². The summed E-state index contributed by atoms with van der Waals surface area (Å²) in [6.45, 7) is 1.87. The van der Waals surface area contributed by atoms with Crippen LogP contribution in [-0.2, 0) is 14.8 Å². The number of aryl methyl sites for hydroxylation is 1. The first kappa shape index (κ1) is 16.0. The van der Waals surface area contributed by atoms with E-state index in [1.807, 2.05) is 6.92 Å². The van der Waals surface area contributed by atoms with Gasteiger partial charge < -0.3 is 5.11 Å². The van der Waals surface area contributed by atoms with Crippen molar-refractivity contribution in [3.8, 4) is 0 Å². The highest BCUT2D eigenvalue weighted by Gasteiger charge is 2.33. The topological polar surface area (TPSA) is 83.5 Å². The fraction of sp³-hybridized carbons (Fsp3) is 0.533. The van der Waals surface area contributed by atoms with Crippen LogP contribution in [0.3, 0.4) is 0 Å². The Kier molecular flexibility index (Phi) is 5.00. The van der Waals surface area contributed by atoms with Crippen LogP contribution >= 0.6 is 0 Å². The highest BCUT2D eigenvalue weighted by molar-refractivity contribution is 7.89. The van der Waals surface area contributed by atoms with E-state index in [0.29, 0.717) is 0 Å². The van der Waals surface area contributed by atoms with Crippen molar-refractivity contribution >= 4 is 16.0 Å². The number of sulfonamides is 1. The van der Waals surface area contributed by atoms with Gasteiger partial charge in [-0.25, -0.2) is 8.42 Å². The Morgan fingerprint density at radius 3 is 2.29 bits per heavy atom. The maximum absolute atomic E-state index is 12.3. The predicted molar refractivity (Wildman–Crippen MR) is 79.5 cm³/mol. The van der Waals surface area contributed by atoms with Gasteiger partial charge in [-0.05, 0) is 37.8 Å². The highest BCUT2D eigenvalue weighted by atomic mass is 32.2. The van der Waals surface area contributed by atoms with Crippen LogP contribution in [0, 0.1) is 12.8 Å². The SMILES string of the molecule is Cc1ccc(S(=O)(=O)N[C@@H](C(=O)O)C2CCCCC2)cc1. The van der Waals surface area contributed by atoms with Gasteiger partial charge in [0.2, 0.25) is 10.0 Å². The number of carboxylic acid groups (broad SMARTS) is 1. The van der Waals surface area contributed by atoms with Crippen molar-refractivity contribution in [3.05, 3.63) is 29.8 Å². The van der Waals surface area contributed by atoms with Gasteiger partial charge in [0, 0.05) is 0 Å². The van der Waals surface area contributed by atoms with Crippen molar-refractivity contribution in [2.75, 3.05) is 0 Å². The summed E-state index contributed by atoms with van der Waals surface area (Å²) >= 11 is 0. The van der Waals surface area contributed by atoms with Gasteiger partial charge in [0.1, 0.15) is 6.04 Å². The van der Waals surface area contributed by atoms with E-state index in [1.165, 1.54) is 12.1 Å². The number of carboxylic acids is 1. The van der Waals surface area contributed by atoms with Crippen LogP contribution in [0.4, 0.5) is 0 Å². The summed E-state index contributed by atoms with van der Waals surface area (Å²) in [5, 5.41) is 9.35. The molecule has 1 aromatic carbocycles. The van der Waals surface area contributed by atoms with E-state index in [-0.39, 0.29) is 10.8 Å². The van der Waals surface area contributed by atoms with Crippen LogP contribution in [0.5, 0.6) is 0 Å². The third kappa shape index (κ3) is 4.04. The molecule has 1 aromatic rings. The van der Waals surface area contributed by atoms with Gasteiger partial charge in [-0.15, -0.1) is 0 Å². The first-order chi connectivity index (χ1) is 9.90. The zero-order valence-corrected chi connectivity index (χ0v) is 12.9. The lowest BCUT2D eigenvalue weighted by molar-refractivity contribution is -0.140. The van der Waals surface area contributed by atoms with Crippen LogP contribution in [-0.4, -0.2) is 25.5 Å². The van der Waals surface area contributed by atoms with E-state index in [1.54, 1.807) is 12.1 Å². The summed E-state index contributed by atoms with van der Waals surface area (Å²) in [6, 6.07) is 5.35. The summed E-state index contributed by atoms with van der Waals surface area (Å²) < 4.78 is 27.0. The molecule has 116 valence electrons. The highest BCUT2D eigenvalue weighted by Crippen LogP contribution is 2.27. The van der Waals surface area contributed by atoms with Gasteiger partial charge in [0.25, 0.3) is 0 Å². The molecule has 5 nitrogen and oxygen atoms in total. The number of hydrogen-bond acceptors (Lipinski definition) is 3. The molecule has 0 radical (unpaired) electrons. The molecule has 1 atom stereocenters. The lowest BCUT2D eigenvalue weighted by Crippen LogP contribution is -2.46. The molecule has 0 amide bonds. The monoisotopic (exact) mass is 311 g/mol. The third-order valence-corrected chi connectivity index (χ3v) is 5.46. The molecule has 0 bridgehead atoms. The molecule has 6 heteroatoms. The van der Waals surface area contributed by atoms with E-state index < -0.39 is 22.0 Å². The fourth-order valence-corrected chi connectivity index (χ4v) is 4.03. The molecule has 21 heavy (non-hydrogen) atoms. The van der Waals surface area contributed by atoms with Gasteiger partial charge in [-0.3, -0.25) is 4.79 Å². The normalized spacial score (nSPS) is 18.3. The molecule has 2 rings (SSSR count). The summed E-state index contributed by atoms with van der Waals surface area (Å²) in [7, 11) is -3.80. The second-order valence-electron chi connectivity index (χ2n) is 5.65. The van der Waals surface area contributed by atoms with E-state index in [9.17, 15) is 18.3 Å². The second-order valence-corrected chi connectivity index (χ2v) is 7.36. The maximum atomic E-state index is 12.3. The van der Waals surface area contributed by atoms with E-state index in [0.717, 1.165) is 37.7 Å². The number of nitrogens with one attached hydrogen (secondary N) is 1. The average Bonchev–Trinajstić information content (AvgIpc) is 2.46. The average molecular weight is 311 g/mol. The molecule has 1 aliphatic carbocycles. The Bertz CT molecular complexity index is 589. The summed E-state index contributed by atoms with van der Waals surface area (Å²) in [6.07, 6.45) is 4.52.